The molecule has 5 nitrogen and oxygen atoms in total. The number of rotatable bonds is 4. The number of carbonyl (C=O) groups excluding carboxylic acids is 3. The summed E-state index contributed by atoms with van der Waals surface area (Å²) in [5, 5.41) is 0. The monoisotopic (exact) mass is 409 g/mol. The molecule has 7 heteroatoms. The van der Waals surface area contributed by atoms with Crippen LogP contribution in [0.3, 0.4) is 0 Å². The highest BCUT2D eigenvalue weighted by Gasteiger charge is 2.50. The topological polar surface area (TPSA) is 63.7 Å². The number of carbonyl (C=O) groups is 3. The summed E-state index contributed by atoms with van der Waals surface area (Å²) in [7, 11) is 0. The Labute approximate surface area is 153 Å². The number of ether oxygens (including phenoxy) is 1. The number of nitrogens with zero attached hydrogens (tertiary/aromatic N) is 1. The van der Waals surface area contributed by atoms with E-state index in [1.165, 1.54) is 19.1 Å². The van der Waals surface area contributed by atoms with Crippen LogP contribution in [-0.4, -0.2) is 28.7 Å². The molecular formula is C18H17BrFNO4. The fraction of sp³-hybridized carbons (Fsp3) is 0.389. The molecule has 2 amide bonds. The number of halogens is 2. The molecule has 1 fully saturated rings. The summed E-state index contributed by atoms with van der Waals surface area (Å²) >= 11 is 3.15. The lowest BCUT2D eigenvalue weighted by Gasteiger charge is -2.21. The molecule has 132 valence electrons. The Morgan fingerprint density at radius 2 is 1.88 bits per heavy atom. The Hall–Kier alpha value is -2.02. The smallest absolute Gasteiger partial charge is 0.329 e. The van der Waals surface area contributed by atoms with Gasteiger partial charge in [-0.25, -0.2) is 9.18 Å². The van der Waals surface area contributed by atoms with Crippen molar-refractivity contribution in [1.82, 2.24) is 4.90 Å². The van der Waals surface area contributed by atoms with Gasteiger partial charge < -0.3 is 4.74 Å². The number of hydrogen-bond acceptors (Lipinski definition) is 4. The van der Waals surface area contributed by atoms with Crippen molar-refractivity contribution in [3.63, 3.8) is 0 Å². The number of esters is 1. The van der Waals surface area contributed by atoms with Crippen molar-refractivity contribution in [2.45, 2.75) is 32.4 Å². The maximum absolute atomic E-state index is 13.8. The molecule has 0 aromatic heterocycles. The molecule has 0 radical (unpaired) electrons. The maximum Gasteiger partial charge on any atom is 0.329 e. The lowest BCUT2D eigenvalue weighted by Crippen LogP contribution is -2.44. The van der Waals surface area contributed by atoms with Crippen LogP contribution >= 0.6 is 15.9 Å². The third-order valence-corrected chi connectivity index (χ3v) is 5.15. The van der Waals surface area contributed by atoms with Crippen LogP contribution in [0.2, 0.25) is 0 Å². The summed E-state index contributed by atoms with van der Waals surface area (Å²) in [6.07, 6.45) is 4.79. The minimum Gasteiger partial charge on any atom is -0.459 e. The summed E-state index contributed by atoms with van der Waals surface area (Å²) in [6.45, 7) is 1.20. The lowest BCUT2D eigenvalue weighted by molar-refractivity contribution is -0.159. The number of likely N-dealkylation sites (tertiary alicyclic amines) is 1. The first-order chi connectivity index (χ1) is 11.9. The van der Waals surface area contributed by atoms with Gasteiger partial charge in [0.2, 0.25) is 11.8 Å². The van der Waals surface area contributed by atoms with Gasteiger partial charge in [-0.2, -0.15) is 0 Å². The zero-order valence-corrected chi connectivity index (χ0v) is 15.2. The molecule has 3 atom stereocenters. The Morgan fingerprint density at radius 1 is 1.28 bits per heavy atom. The second-order valence-corrected chi connectivity index (χ2v) is 7.14. The summed E-state index contributed by atoms with van der Waals surface area (Å²) in [4.78, 5) is 38.2. The molecule has 3 rings (SSSR count). The van der Waals surface area contributed by atoms with E-state index < -0.39 is 29.7 Å². The molecule has 1 heterocycles. The van der Waals surface area contributed by atoms with Crippen molar-refractivity contribution in [2.24, 2.45) is 11.8 Å². The van der Waals surface area contributed by atoms with Gasteiger partial charge >= 0.3 is 5.97 Å². The van der Waals surface area contributed by atoms with E-state index in [9.17, 15) is 18.8 Å². The van der Waals surface area contributed by atoms with E-state index >= 15 is 0 Å². The summed E-state index contributed by atoms with van der Waals surface area (Å²) in [6, 6.07) is 3.40. The van der Waals surface area contributed by atoms with E-state index in [1.807, 2.05) is 12.2 Å². The maximum atomic E-state index is 13.8. The highest BCUT2D eigenvalue weighted by molar-refractivity contribution is 9.10. The standard InChI is InChI=1S/C18H17BrFNO4/c1-10(18(24)25-9-11-6-7-12(19)8-15(11)20)21-16(22)13-4-2-3-5-14(13)17(21)23/h2-3,6-8,10,13-14H,4-5,9H2,1H3/t10-,13-,14+/m0/s1. The number of amides is 2. The van der Waals surface area contributed by atoms with E-state index in [2.05, 4.69) is 15.9 Å². The average Bonchev–Trinajstić information content (AvgIpc) is 2.85. The molecule has 1 aliphatic heterocycles. The first kappa shape index (κ1) is 17.8. The Kier molecular flexibility index (Phi) is 5.03. The van der Waals surface area contributed by atoms with E-state index in [4.69, 9.17) is 4.74 Å². The van der Waals surface area contributed by atoms with Crippen molar-refractivity contribution in [3.8, 4) is 0 Å². The predicted octanol–water partition coefficient (Wildman–Crippen LogP) is 2.97. The van der Waals surface area contributed by atoms with Gasteiger partial charge in [0, 0.05) is 10.0 Å². The average molecular weight is 410 g/mol. The lowest BCUT2D eigenvalue weighted by atomic mass is 9.85. The zero-order valence-electron chi connectivity index (χ0n) is 13.6. The highest BCUT2D eigenvalue weighted by atomic mass is 79.9. The Bertz CT molecular complexity index is 737. The molecule has 1 aliphatic carbocycles. The van der Waals surface area contributed by atoms with Crippen LogP contribution in [0.1, 0.15) is 25.3 Å². The number of fused-ring (bicyclic) bond motifs is 1. The molecule has 1 saturated heterocycles. The van der Waals surface area contributed by atoms with Gasteiger partial charge in [0.25, 0.3) is 0 Å². The minimum atomic E-state index is -1.02. The molecule has 1 aromatic rings. The summed E-state index contributed by atoms with van der Waals surface area (Å²) in [5.74, 6) is -2.68. The molecule has 0 saturated carbocycles. The van der Waals surface area contributed by atoms with Gasteiger partial charge in [0.15, 0.2) is 0 Å². The van der Waals surface area contributed by atoms with Crippen molar-refractivity contribution >= 4 is 33.7 Å². The molecule has 0 spiro atoms. The number of imide groups is 1. The third-order valence-electron chi connectivity index (χ3n) is 4.66. The molecule has 1 aromatic carbocycles. The van der Waals surface area contributed by atoms with E-state index in [1.54, 1.807) is 6.07 Å². The molecule has 2 aliphatic rings. The first-order valence-corrected chi connectivity index (χ1v) is 8.82. The van der Waals surface area contributed by atoms with E-state index in [0.29, 0.717) is 17.3 Å². The normalized spacial score (nSPS) is 23.6. The van der Waals surface area contributed by atoms with Crippen LogP contribution in [0, 0.1) is 17.7 Å². The second-order valence-electron chi connectivity index (χ2n) is 6.22. The second kappa shape index (κ2) is 7.07. The minimum absolute atomic E-state index is 0.223. The third kappa shape index (κ3) is 3.38. The number of allylic oxidation sites excluding steroid dienone is 2. The van der Waals surface area contributed by atoms with Gasteiger partial charge in [-0.1, -0.05) is 34.1 Å². The van der Waals surface area contributed by atoms with E-state index in [-0.39, 0.29) is 24.0 Å². The van der Waals surface area contributed by atoms with Crippen molar-refractivity contribution in [2.75, 3.05) is 0 Å². The van der Waals surface area contributed by atoms with Gasteiger partial charge in [0.05, 0.1) is 11.8 Å². The molecule has 0 unspecified atom stereocenters. The first-order valence-electron chi connectivity index (χ1n) is 8.02. The van der Waals surface area contributed by atoms with Gasteiger partial charge in [0.1, 0.15) is 18.5 Å². The highest BCUT2D eigenvalue weighted by Crippen LogP contribution is 2.36. The molecular weight excluding hydrogens is 393 g/mol. The van der Waals surface area contributed by atoms with Crippen molar-refractivity contribution in [1.29, 1.82) is 0 Å². The quantitative estimate of drug-likeness (QED) is 0.435. The van der Waals surface area contributed by atoms with Crippen LogP contribution in [0.15, 0.2) is 34.8 Å². The SMILES string of the molecule is C[C@@H](C(=O)OCc1ccc(Br)cc1F)N1C(=O)[C@H]2CC=CC[C@H]2C1=O. The van der Waals surface area contributed by atoms with Crippen LogP contribution in [0.25, 0.3) is 0 Å². The fourth-order valence-electron chi connectivity index (χ4n) is 3.22. The van der Waals surface area contributed by atoms with Crippen LogP contribution < -0.4 is 0 Å². The summed E-state index contributed by atoms with van der Waals surface area (Å²) in [5.41, 5.74) is 0.223. The fourth-order valence-corrected chi connectivity index (χ4v) is 3.55. The number of hydrogen-bond donors (Lipinski definition) is 0. The van der Waals surface area contributed by atoms with Gasteiger partial charge in [-0.05, 0) is 31.9 Å². The van der Waals surface area contributed by atoms with Crippen LogP contribution in [0.4, 0.5) is 4.39 Å². The van der Waals surface area contributed by atoms with Crippen LogP contribution in [0.5, 0.6) is 0 Å². The van der Waals surface area contributed by atoms with Gasteiger partial charge in [-0.3, -0.25) is 14.5 Å². The largest absolute Gasteiger partial charge is 0.459 e. The van der Waals surface area contributed by atoms with Crippen molar-refractivity contribution < 1.29 is 23.5 Å². The van der Waals surface area contributed by atoms with Gasteiger partial charge in [-0.15, -0.1) is 0 Å². The van der Waals surface area contributed by atoms with Crippen molar-refractivity contribution in [3.05, 3.63) is 46.2 Å². The molecule has 25 heavy (non-hydrogen) atoms. The molecule has 0 bridgehead atoms. The predicted molar refractivity (Wildman–Crippen MR) is 90.6 cm³/mol. The number of benzene rings is 1. The Morgan fingerprint density at radius 3 is 2.44 bits per heavy atom. The zero-order chi connectivity index (χ0) is 18.1. The van der Waals surface area contributed by atoms with Crippen LogP contribution in [-0.2, 0) is 25.7 Å². The van der Waals surface area contributed by atoms with E-state index in [0.717, 1.165) is 4.90 Å². The Balaban J connectivity index is 1.66. The molecule has 0 N–H and O–H groups in total. The summed E-state index contributed by atoms with van der Waals surface area (Å²) < 4.78 is 19.5.